The number of ether oxygens (including phenoxy) is 2. The third kappa shape index (κ3) is 6.06. The Morgan fingerprint density at radius 1 is 1.39 bits per heavy atom. The first-order valence-electron chi connectivity index (χ1n) is 8.79. The fourth-order valence-corrected chi connectivity index (χ4v) is 2.77. The van der Waals surface area contributed by atoms with E-state index in [1.807, 2.05) is 24.3 Å². The molecule has 0 heterocycles. The van der Waals surface area contributed by atoms with Crippen molar-refractivity contribution in [2.45, 2.75) is 31.6 Å². The molecule has 7 heteroatoms. The van der Waals surface area contributed by atoms with Gasteiger partial charge in [0.1, 0.15) is 18.8 Å². The fraction of sp³-hybridized carbons (Fsp3) is 0.333. The van der Waals surface area contributed by atoms with Crippen molar-refractivity contribution in [1.82, 2.24) is 5.32 Å². The quantitative estimate of drug-likeness (QED) is 0.389. The van der Waals surface area contributed by atoms with Crippen LogP contribution in [0.15, 0.2) is 59.8 Å². The molecule has 0 saturated heterocycles. The van der Waals surface area contributed by atoms with E-state index in [0.29, 0.717) is 18.6 Å². The van der Waals surface area contributed by atoms with Crippen molar-refractivity contribution in [1.29, 1.82) is 0 Å². The molecule has 1 amide bonds. The minimum absolute atomic E-state index is 0.214. The standard InChI is InChI=1S/C21H24N2O5/c1-3-4-13-27-19-14-15(9-11-18(19)26-2)10-12-20(24)23-17-8-6-5-7-16(17)21(25)28-22/h5-7,9-12,14,17-19H,8,13,22H2,1-2H3,(H,23,24)/b12-10+. The Labute approximate surface area is 164 Å². The van der Waals surface area contributed by atoms with Crippen LogP contribution in [0.25, 0.3) is 0 Å². The number of rotatable bonds is 7. The van der Waals surface area contributed by atoms with E-state index in [2.05, 4.69) is 22.0 Å². The normalized spacial score (nSPS) is 23.5. The molecule has 0 bridgehead atoms. The molecule has 0 aliphatic heterocycles. The van der Waals surface area contributed by atoms with Crippen molar-refractivity contribution >= 4 is 11.9 Å². The topological polar surface area (TPSA) is 99.9 Å². The second kappa shape index (κ2) is 11.0. The Morgan fingerprint density at radius 2 is 2.21 bits per heavy atom. The monoisotopic (exact) mass is 384 g/mol. The minimum Gasteiger partial charge on any atom is -0.374 e. The number of carbonyl (C=O) groups excluding carboxylic acids is 2. The van der Waals surface area contributed by atoms with E-state index < -0.39 is 12.0 Å². The van der Waals surface area contributed by atoms with Gasteiger partial charge in [-0.1, -0.05) is 30.2 Å². The molecule has 7 nitrogen and oxygen atoms in total. The number of amides is 1. The molecule has 3 unspecified atom stereocenters. The van der Waals surface area contributed by atoms with Gasteiger partial charge in [0.2, 0.25) is 5.91 Å². The van der Waals surface area contributed by atoms with E-state index in [4.69, 9.17) is 15.4 Å². The molecule has 28 heavy (non-hydrogen) atoms. The molecule has 2 aliphatic rings. The van der Waals surface area contributed by atoms with Crippen molar-refractivity contribution in [3.63, 3.8) is 0 Å². The van der Waals surface area contributed by atoms with Crippen molar-refractivity contribution in [3.05, 3.63) is 59.8 Å². The summed E-state index contributed by atoms with van der Waals surface area (Å²) in [5.74, 6) is 9.56. The van der Waals surface area contributed by atoms with Gasteiger partial charge in [-0.05, 0) is 37.1 Å². The van der Waals surface area contributed by atoms with Gasteiger partial charge in [-0.15, -0.1) is 5.92 Å². The van der Waals surface area contributed by atoms with Gasteiger partial charge in [0, 0.05) is 13.2 Å². The molecule has 0 fully saturated rings. The van der Waals surface area contributed by atoms with Gasteiger partial charge in [-0.3, -0.25) is 4.79 Å². The second-order valence-corrected chi connectivity index (χ2v) is 6.01. The van der Waals surface area contributed by atoms with Gasteiger partial charge in [0.15, 0.2) is 0 Å². The van der Waals surface area contributed by atoms with Gasteiger partial charge < -0.3 is 19.6 Å². The molecule has 3 atom stereocenters. The summed E-state index contributed by atoms with van der Waals surface area (Å²) in [7, 11) is 1.61. The zero-order valence-electron chi connectivity index (χ0n) is 15.9. The molecule has 0 aromatic carbocycles. The van der Waals surface area contributed by atoms with Crippen molar-refractivity contribution < 1.29 is 23.9 Å². The average Bonchev–Trinajstić information content (AvgIpc) is 2.72. The van der Waals surface area contributed by atoms with Gasteiger partial charge >= 0.3 is 5.97 Å². The van der Waals surface area contributed by atoms with Crippen LogP contribution in [0, 0.1) is 11.8 Å². The molecule has 0 aromatic rings. The number of nitrogens with one attached hydrogen (secondary N) is 1. The van der Waals surface area contributed by atoms with E-state index >= 15 is 0 Å². The lowest BCUT2D eigenvalue weighted by molar-refractivity contribution is -0.140. The van der Waals surface area contributed by atoms with Crippen LogP contribution in [0.5, 0.6) is 0 Å². The zero-order chi connectivity index (χ0) is 20.4. The zero-order valence-corrected chi connectivity index (χ0v) is 15.9. The Kier molecular flexibility index (Phi) is 8.43. The third-order valence-electron chi connectivity index (χ3n) is 4.20. The summed E-state index contributed by atoms with van der Waals surface area (Å²) in [6, 6.07) is -0.490. The van der Waals surface area contributed by atoms with Gasteiger partial charge in [0.05, 0.1) is 11.6 Å². The Bertz CT molecular complexity index is 795. The minimum atomic E-state index is -0.669. The van der Waals surface area contributed by atoms with Crippen LogP contribution in [0.3, 0.4) is 0 Å². The average molecular weight is 384 g/mol. The molecular weight excluding hydrogens is 360 g/mol. The first-order chi connectivity index (χ1) is 13.6. The maximum atomic E-state index is 12.3. The Morgan fingerprint density at radius 3 is 2.93 bits per heavy atom. The lowest BCUT2D eigenvalue weighted by atomic mass is 9.98. The van der Waals surface area contributed by atoms with Gasteiger partial charge in [-0.25, -0.2) is 4.79 Å². The van der Waals surface area contributed by atoms with Crippen LogP contribution in [0.4, 0.5) is 0 Å². The van der Waals surface area contributed by atoms with Crippen LogP contribution in [-0.2, 0) is 23.9 Å². The van der Waals surface area contributed by atoms with E-state index in [1.54, 1.807) is 32.3 Å². The number of nitrogens with two attached hydrogens (primary N) is 1. The SMILES string of the molecule is CC#CCOC1C=C(/C=C/C(=O)NC2CC=CC=C2C(=O)ON)C=CC1OC. The summed E-state index contributed by atoms with van der Waals surface area (Å²) in [5, 5.41) is 2.77. The maximum Gasteiger partial charge on any atom is 0.354 e. The fourth-order valence-electron chi connectivity index (χ4n) is 2.77. The molecule has 2 aliphatic carbocycles. The van der Waals surface area contributed by atoms with E-state index in [9.17, 15) is 9.59 Å². The van der Waals surface area contributed by atoms with Crippen LogP contribution >= 0.6 is 0 Å². The van der Waals surface area contributed by atoms with E-state index in [0.717, 1.165) is 5.57 Å². The summed E-state index contributed by atoms with van der Waals surface area (Å²) in [4.78, 5) is 28.2. The van der Waals surface area contributed by atoms with Crippen molar-refractivity contribution in [2.75, 3.05) is 13.7 Å². The van der Waals surface area contributed by atoms with Crippen LogP contribution in [0.2, 0.25) is 0 Å². The predicted octanol–water partition coefficient (Wildman–Crippen LogP) is 1.25. The molecular formula is C21H24N2O5. The maximum absolute atomic E-state index is 12.3. The Balaban J connectivity index is 1.99. The highest BCUT2D eigenvalue weighted by atomic mass is 16.7. The highest BCUT2D eigenvalue weighted by molar-refractivity contribution is 5.93. The highest BCUT2D eigenvalue weighted by Gasteiger charge is 2.24. The molecule has 3 N–H and O–H groups in total. The second-order valence-electron chi connectivity index (χ2n) is 6.01. The van der Waals surface area contributed by atoms with E-state index in [-0.39, 0.29) is 18.1 Å². The van der Waals surface area contributed by atoms with Crippen LogP contribution < -0.4 is 11.2 Å². The van der Waals surface area contributed by atoms with Gasteiger partial charge in [0.25, 0.3) is 0 Å². The summed E-state index contributed by atoms with van der Waals surface area (Å²) in [6.45, 7) is 2.04. The first-order valence-corrected chi connectivity index (χ1v) is 8.79. The lowest BCUT2D eigenvalue weighted by Gasteiger charge is -2.24. The molecule has 0 aromatic heterocycles. The Hall–Kier alpha value is -2.92. The highest BCUT2D eigenvalue weighted by Crippen LogP contribution is 2.18. The number of carbonyl (C=O) groups is 2. The first kappa shape index (κ1) is 21.4. The molecule has 2 rings (SSSR count). The number of allylic oxidation sites excluding steroid dienone is 5. The molecule has 0 spiro atoms. The third-order valence-corrected chi connectivity index (χ3v) is 4.20. The summed E-state index contributed by atoms with van der Waals surface area (Å²) >= 11 is 0. The van der Waals surface area contributed by atoms with E-state index in [1.165, 1.54) is 6.08 Å². The molecule has 148 valence electrons. The van der Waals surface area contributed by atoms with Crippen molar-refractivity contribution in [3.8, 4) is 11.8 Å². The molecule has 0 saturated carbocycles. The summed E-state index contributed by atoms with van der Waals surface area (Å²) in [5.41, 5.74) is 1.11. The number of methoxy groups -OCH3 is 1. The largest absolute Gasteiger partial charge is 0.374 e. The lowest BCUT2D eigenvalue weighted by Crippen LogP contribution is -2.39. The number of hydrogen-bond donors (Lipinski definition) is 2. The van der Waals surface area contributed by atoms with Crippen LogP contribution in [-0.4, -0.2) is 43.8 Å². The van der Waals surface area contributed by atoms with Crippen LogP contribution in [0.1, 0.15) is 13.3 Å². The van der Waals surface area contributed by atoms with Crippen molar-refractivity contribution in [2.24, 2.45) is 5.90 Å². The smallest absolute Gasteiger partial charge is 0.354 e. The summed E-state index contributed by atoms with van der Waals surface area (Å²) < 4.78 is 11.1. The number of hydrogen-bond acceptors (Lipinski definition) is 6. The molecule has 0 radical (unpaired) electrons. The summed E-state index contributed by atoms with van der Waals surface area (Å²) in [6.07, 6.45) is 13.8. The predicted molar refractivity (Wildman–Crippen MR) is 104 cm³/mol. The van der Waals surface area contributed by atoms with Gasteiger partial charge in [-0.2, -0.15) is 5.90 Å².